The molecule has 0 saturated heterocycles. The molecule has 0 unspecified atom stereocenters. The summed E-state index contributed by atoms with van der Waals surface area (Å²) in [5.41, 5.74) is -0.850. The average Bonchev–Trinajstić information content (AvgIpc) is 2.87. The van der Waals surface area contributed by atoms with Crippen LogP contribution in [0.15, 0.2) is 24.3 Å². The van der Waals surface area contributed by atoms with Crippen molar-refractivity contribution in [1.82, 2.24) is 0 Å². The number of allylic oxidation sites excluding steroid dienone is 2. The molecule has 5 heteroatoms. The molecule has 0 amide bonds. The van der Waals surface area contributed by atoms with Crippen molar-refractivity contribution in [2.45, 2.75) is 121 Å². The molecular weight excluding hydrogens is 496 g/mol. The summed E-state index contributed by atoms with van der Waals surface area (Å²) in [5.74, 6) is 1.95. The Hall–Kier alpha value is -1.03. The highest BCUT2D eigenvalue weighted by atomic mass is 35.5. The van der Waals surface area contributed by atoms with Crippen molar-refractivity contribution in [2.24, 2.45) is 29.6 Å². The van der Waals surface area contributed by atoms with Crippen LogP contribution >= 0.6 is 11.6 Å². The molecule has 4 rings (SSSR count). The van der Waals surface area contributed by atoms with E-state index in [0.717, 1.165) is 61.5 Å². The SMILES string of the molecule is C/C=C/CCC1CCC(C2CCC(CCC3CCC(c4cc(F)c(C(F)(F)Cl)c(F)c4)CC3)CC2)CC1. The van der Waals surface area contributed by atoms with E-state index in [4.69, 9.17) is 11.6 Å². The van der Waals surface area contributed by atoms with Crippen LogP contribution in [-0.2, 0) is 5.38 Å². The van der Waals surface area contributed by atoms with Gasteiger partial charge in [0.25, 0.3) is 0 Å². The van der Waals surface area contributed by atoms with Gasteiger partial charge < -0.3 is 0 Å². The van der Waals surface area contributed by atoms with Gasteiger partial charge in [0.15, 0.2) is 0 Å². The largest absolute Gasteiger partial charge is 0.353 e. The van der Waals surface area contributed by atoms with Crippen LogP contribution in [0.4, 0.5) is 17.6 Å². The first-order valence-corrected chi connectivity index (χ1v) is 15.3. The van der Waals surface area contributed by atoms with Gasteiger partial charge >= 0.3 is 5.38 Å². The number of benzene rings is 1. The number of alkyl halides is 3. The van der Waals surface area contributed by atoms with Crippen LogP contribution in [0.1, 0.15) is 127 Å². The van der Waals surface area contributed by atoms with Crippen LogP contribution in [-0.4, -0.2) is 0 Å². The van der Waals surface area contributed by atoms with Gasteiger partial charge in [-0.05, 0) is 136 Å². The first-order chi connectivity index (χ1) is 17.7. The second-order valence-electron chi connectivity index (χ2n) is 12.4. The third kappa shape index (κ3) is 7.99. The Kier molecular flexibility index (Phi) is 10.5. The van der Waals surface area contributed by atoms with Crippen molar-refractivity contribution in [3.05, 3.63) is 47.0 Å². The molecule has 37 heavy (non-hydrogen) atoms. The second-order valence-corrected chi connectivity index (χ2v) is 12.8. The number of hydrogen-bond acceptors (Lipinski definition) is 0. The number of hydrogen-bond donors (Lipinski definition) is 0. The van der Waals surface area contributed by atoms with Gasteiger partial charge in [0, 0.05) is 0 Å². The lowest BCUT2D eigenvalue weighted by molar-refractivity contribution is 0.0857. The van der Waals surface area contributed by atoms with E-state index < -0.39 is 22.6 Å². The Balaban J connectivity index is 1.14. The highest BCUT2D eigenvalue weighted by Crippen LogP contribution is 2.45. The maximum absolute atomic E-state index is 14.2. The Morgan fingerprint density at radius 2 is 1.16 bits per heavy atom. The summed E-state index contributed by atoms with van der Waals surface area (Å²) in [5, 5.41) is -4.03. The number of halogens is 5. The molecule has 3 aliphatic carbocycles. The zero-order valence-electron chi connectivity index (χ0n) is 22.5. The summed E-state index contributed by atoms with van der Waals surface area (Å²) in [6.07, 6.45) is 24.9. The van der Waals surface area contributed by atoms with Gasteiger partial charge in [0.2, 0.25) is 0 Å². The van der Waals surface area contributed by atoms with E-state index in [0.29, 0.717) is 11.5 Å². The first kappa shape index (κ1) is 29.0. The lowest BCUT2D eigenvalue weighted by Crippen LogP contribution is -2.26. The summed E-state index contributed by atoms with van der Waals surface area (Å²) >= 11 is 4.88. The molecule has 0 nitrogen and oxygen atoms in total. The molecule has 208 valence electrons. The van der Waals surface area contributed by atoms with E-state index >= 15 is 0 Å². The predicted octanol–water partition coefficient (Wildman–Crippen LogP) is 11.3. The molecule has 0 spiro atoms. The monoisotopic (exact) mass is 540 g/mol. The summed E-state index contributed by atoms with van der Waals surface area (Å²) < 4.78 is 55.0. The molecule has 0 aliphatic heterocycles. The van der Waals surface area contributed by atoms with Gasteiger partial charge in [0.1, 0.15) is 17.2 Å². The van der Waals surface area contributed by atoms with E-state index in [1.165, 1.54) is 77.0 Å². The average molecular weight is 541 g/mol. The van der Waals surface area contributed by atoms with Crippen molar-refractivity contribution in [1.29, 1.82) is 0 Å². The summed E-state index contributed by atoms with van der Waals surface area (Å²) in [7, 11) is 0. The van der Waals surface area contributed by atoms with Crippen LogP contribution in [0.25, 0.3) is 0 Å². The lowest BCUT2D eigenvalue weighted by Gasteiger charge is -2.38. The van der Waals surface area contributed by atoms with Gasteiger partial charge in [-0.15, -0.1) is 0 Å². The van der Waals surface area contributed by atoms with Gasteiger partial charge in [-0.2, -0.15) is 8.78 Å². The standard InChI is InChI=1S/C32H45ClF4/c1-2-3-4-5-22-8-14-25(15-9-22)26-16-10-23(11-17-26)6-7-24-12-18-27(19-13-24)28-20-29(34)31(30(35)21-28)32(33,36)37/h2-3,20-27H,4-19H2,1H3/b3-2+. The van der Waals surface area contributed by atoms with Crippen molar-refractivity contribution < 1.29 is 17.6 Å². The summed E-state index contributed by atoms with van der Waals surface area (Å²) in [4.78, 5) is 0. The zero-order valence-corrected chi connectivity index (χ0v) is 23.2. The maximum atomic E-state index is 14.2. The third-order valence-electron chi connectivity index (χ3n) is 10.1. The highest BCUT2D eigenvalue weighted by molar-refractivity contribution is 6.21. The molecule has 0 bridgehead atoms. The van der Waals surface area contributed by atoms with Crippen LogP contribution in [0.3, 0.4) is 0 Å². The molecule has 0 heterocycles. The van der Waals surface area contributed by atoms with Crippen molar-refractivity contribution >= 4 is 11.6 Å². The lowest BCUT2D eigenvalue weighted by atomic mass is 9.68. The van der Waals surface area contributed by atoms with Crippen molar-refractivity contribution in [3.8, 4) is 0 Å². The third-order valence-corrected chi connectivity index (χ3v) is 10.3. The van der Waals surface area contributed by atoms with E-state index in [1.54, 1.807) is 0 Å². The minimum Gasteiger partial charge on any atom is -0.206 e. The number of rotatable bonds is 9. The maximum Gasteiger partial charge on any atom is 0.353 e. The van der Waals surface area contributed by atoms with E-state index in [2.05, 4.69) is 19.1 Å². The van der Waals surface area contributed by atoms with Gasteiger partial charge in [0.05, 0.1) is 0 Å². The molecule has 1 aromatic carbocycles. The predicted molar refractivity (Wildman–Crippen MR) is 145 cm³/mol. The summed E-state index contributed by atoms with van der Waals surface area (Å²) in [6, 6.07) is 2.13. The Morgan fingerprint density at radius 3 is 1.59 bits per heavy atom. The fraction of sp³-hybridized carbons (Fsp3) is 0.750. The smallest absolute Gasteiger partial charge is 0.206 e. The Bertz CT molecular complexity index is 844. The minimum atomic E-state index is -4.03. The quantitative estimate of drug-likeness (QED) is 0.166. The Labute approximate surface area is 226 Å². The van der Waals surface area contributed by atoms with E-state index in [9.17, 15) is 17.6 Å². The van der Waals surface area contributed by atoms with Gasteiger partial charge in [-0.3, -0.25) is 0 Å². The molecule has 3 saturated carbocycles. The van der Waals surface area contributed by atoms with E-state index in [1.807, 2.05) is 0 Å². The van der Waals surface area contributed by atoms with Crippen LogP contribution < -0.4 is 0 Å². The fourth-order valence-corrected chi connectivity index (χ4v) is 7.93. The molecule has 0 aromatic heterocycles. The molecular formula is C32H45ClF4. The molecule has 1 aromatic rings. The molecule has 3 aliphatic rings. The van der Waals surface area contributed by atoms with Crippen LogP contribution in [0.2, 0.25) is 0 Å². The normalized spacial score (nSPS) is 31.6. The molecule has 3 fully saturated rings. The van der Waals surface area contributed by atoms with Crippen molar-refractivity contribution in [2.75, 3.05) is 0 Å². The zero-order chi connectivity index (χ0) is 26.4. The summed E-state index contributed by atoms with van der Waals surface area (Å²) in [6.45, 7) is 2.11. The highest BCUT2D eigenvalue weighted by Gasteiger charge is 2.36. The minimum absolute atomic E-state index is 0.0342. The topological polar surface area (TPSA) is 0 Å². The molecule has 0 radical (unpaired) electrons. The van der Waals surface area contributed by atoms with Crippen LogP contribution in [0, 0.1) is 41.2 Å². The van der Waals surface area contributed by atoms with Gasteiger partial charge in [-0.25, -0.2) is 8.78 Å². The second kappa shape index (κ2) is 13.4. The molecule has 0 atom stereocenters. The van der Waals surface area contributed by atoms with Crippen LogP contribution in [0.5, 0.6) is 0 Å². The van der Waals surface area contributed by atoms with Crippen molar-refractivity contribution in [3.63, 3.8) is 0 Å². The van der Waals surface area contributed by atoms with E-state index in [-0.39, 0.29) is 5.92 Å². The fourth-order valence-electron chi connectivity index (χ4n) is 7.75. The Morgan fingerprint density at radius 1 is 0.730 bits per heavy atom. The first-order valence-electron chi connectivity index (χ1n) is 14.9. The van der Waals surface area contributed by atoms with Gasteiger partial charge in [-0.1, -0.05) is 50.7 Å². The molecule has 0 N–H and O–H groups in total.